The summed E-state index contributed by atoms with van der Waals surface area (Å²) in [5.74, 6) is 0.477. The third-order valence-corrected chi connectivity index (χ3v) is 7.99. The summed E-state index contributed by atoms with van der Waals surface area (Å²) in [5, 5.41) is 5.41. The summed E-state index contributed by atoms with van der Waals surface area (Å²) in [4.78, 5) is 34.3. The van der Waals surface area contributed by atoms with E-state index >= 15 is 0 Å². The van der Waals surface area contributed by atoms with Gasteiger partial charge in [0.15, 0.2) is 16.6 Å². The van der Waals surface area contributed by atoms with Crippen molar-refractivity contribution in [2.75, 3.05) is 33.7 Å². The van der Waals surface area contributed by atoms with Gasteiger partial charge in [0.05, 0.1) is 43.5 Å². The molecule has 3 heterocycles. The highest BCUT2D eigenvalue weighted by Crippen LogP contribution is 2.47. The van der Waals surface area contributed by atoms with Gasteiger partial charge in [-0.25, -0.2) is 4.98 Å². The molecule has 0 unspecified atom stereocenters. The molecule has 4 aromatic rings. The molecule has 0 saturated heterocycles. The van der Waals surface area contributed by atoms with Crippen LogP contribution in [0.2, 0.25) is 0 Å². The molecular formula is C25H23N3O5S2. The lowest BCUT2D eigenvalue weighted by Gasteiger charge is -2.39. The maximum absolute atomic E-state index is 13.9. The number of likely N-dealkylation sites (N-methyl/N-ethyl adjacent to an activating group) is 1. The molecule has 1 aliphatic rings. The van der Waals surface area contributed by atoms with Crippen LogP contribution in [-0.4, -0.2) is 50.1 Å². The third kappa shape index (κ3) is 3.98. The Bertz CT molecular complexity index is 1420. The van der Waals surface area contributed by atoms with Crippen molar-refractivity contribution >= 4 is 49.8 Å². The molecule has 2 atom stereocenters. The first-order chi connectivity index (χ1) is 16.9. The predicted octanol–water partition coefficient (Wildman–Crippen LogP) is 4.93. The first-order valence-corrected chi connectivity index (χ1v) is 12.5. The Labute approximate surface area is 210 Å². The maximum Gasteiger partial charge on any atom is 0.254 e. The van der Waals surface area contributed by atoms with Crippen molar-refractivity contribution < 1.29 is 23.8 Å². The molecule has 35 heavy (non-hydrogen) atoms. The number of carbonyl (C=O) groups excluding carboxylic acids is 2. The van der Waals surface area contributed by atoms with Gasteiger partial charge in [-0.05, 0) is 47.3 Å². The number of methoxy groups -OCH3 is 3. The zero-order valence-corrected chi connectivity index (χ0v) is 21.2. The molecule has 1 aliphatic heterocycles. The number of fused-ring (bicyclic) bond motifs is 2. The number of hydrogen-bond acceptors (Lipinski definition) is 8. The molecule has 0 saturated carbocycles. The number of carbonyl (C=O) groups is 2. The van der Waals surface area contributed by atoms with Gasteiger partial charge in [0.25, 0.3) is 5.91 Å². The summed E-state index contributed by atoms with van der Waals surface area (Å²) in [5.41, 5.74) is 1.76. The van der Waals surface area contributed by atoms with Crippen LogP contribution in [0.4, 0.5) is 5.13 Å². The molecule has 180 valence electrons. The average molecular weight is 510 g/mol. The summed E-state index contributed by atoms with van der Waals surface area (Å²) in [6, 6.07) is 12.3. The van der Waals surface area contributed by atoms with E-state index in [1.165, 1.54) is 36.9 Å². The second kappa shape index (κ2) is 9.20. The molecule has 1 N–H and O–H groups in total. The molecular weight excluding hydrogens is 486 g/mol. The fraction of sp³-hybridized carbons (Fsp3) is 0.240. The highest BCUT2D eigenvalue weighted by atomic mass is 32.1. The Kier molecular flexibility index (Phi) is 6.08. The zero-order chi connectivity index (χ0) is 24.7. The smallest absolute Gasteiger partial charge is 0.254 e. The fourth-order valence-corrected chi connectivity index (χ4v) is 6.22. The van der Waals surface area contributed by atoms with Crippen LogP contribution < -0.4 is 19.5 Å². The molecule has 0 aliphatic carbocycles. The summed E-state index contributed by atoms with van der Waals surface area (Å²) in [6.07, 6.45) is 0. The largest absolute Gasteiger partial charge is 0.497 e. The van der Waals surface area contributed by atoms with E-state index in [0.29, 0.717) is 27.8 Å². The van der Waals surface area contributed by atoms with Crippen molar-refractivity contribution in [3.8, 4) is 17.2 Å². The highest BCUT2D eigenvalue weighted by molar-refractivity contribution is 7.22. The van der Waals surface area contributed by atoms with Crippen molar-refractivity contribution in [1.29, 1.82) is 0 Å². The number of hydrogen-bond donors (Lipinski definition) is 1. The number of rotatable bonds is 6. The van der Waals surface area contributed by atoms with Gasteiger partial charge in [-0.3, -0.25) is 9.59 Å². The van der Waals surface area contributed by atoms with Crippen LogP contribution in [0.3, 0.4) is 0 Å². The van der Waals surface area contributed by atoms with Crippen LogP contribution in [-0.2, 0) is 4.79 Å². The van der Waals surface area contributed by atoms with Gasteiger partial charge < -0.3 is 24.4 Å². The van der Waals surface area contributed by atoms with Gasteiger partial charge in [0.1, 0.15) is 5.75 Å². The summed E-state index contributed by atoms with van der Waals surface area (Å²) < 4.78 is 17.1. The minimum absolute atomic E-state index is 0.185. The fourth-order valence-electron chi connectivity index (χ4n) is 4.42. The van der Waals surface area contributed by atoms with Gasteiger partial charge in [-0.2, -0.15) is 0 Å². The topological polar surface area (TPSA) is 90.0 Å². The van der Waals surface area contributed by atoms with E-state index in [2.05, 4.69) is 10.3 Å². The summed E-state index contributed by atoms with van der Waals surface area (Å²) >= 11 is 2.87. The van der Waals surface area contributed by atoms with Crippen molar-refractivity contribution in [3.05, 3.63) is 63.8 Å². The summed E-state index contributed by atoms with van der Waals surface area (Å²) in [7, 11) is 6.37. The average Bonchev–Trinajstić information content (AvgIpc) is 3.54. The third-order valence-electron chi connectivity index (χ3n) is 6.12. The number of aromatic nitrogens is 1. The molecule has 0 spiro atoms. The van der Waals surface area contributed by atoms with E-state index in [1.54, 1.807) is 31.2 Å². The first kappa shape index (κ1) is 23.1. The van der Waals surface area contributed by atoms with E-state index in [4.69, 9.17) is 14.2 Å². The number of nitrogens with zero attached hydrogens (tertiary/aromatic N) is 2. The zero-order valence-electron chi connectivity index (χ0n) is 19.5. The number of thiophene rings is 1. The van der Waals surface area contributed by atoms with Gasteiger partial charge in [0, 0.05) is 17.5 Å². The molecule has 8 nitrogen and oxygen atoms in total. The number of anilines is 1. The van der Waals surface area contributed by atoms with Crippen molar-refractivity contribution in [2.24, 2.45) is 0 Å². The minimum Gasteiger partial charge on any atom is -0.497 e. The van der Waals surface area contributed by atoms with Gasteiger partial charge in [-0.15, -0.1) is 11.3 Å². The van der Waals surface area contributed by atoms with E-state index in [1.807, 2.05) is 35.7 Å². The van der Waals surface area contributed by atoms with E-state index < -0.39 is 12.0 Å². The van der Waals surface area contributed by atoms with Crippen LogP contribution in [0.1, 0.15) is 32.8 Å². The number of thiazole rings is 1. The predicted molar refractivity (Wildman–Crippen MR) is 136 cm³/mol. The highest BCUT2D eigenvalue weighted by Gasteiger charge is 2.44. The second-order valence-corrected chi connectivity index (χ2v) is 10.0. The van der Waals surface area contributed by atoms with E-state index in [9.17, 15) is 9.59 Å². The Balaban J connectivity index is 1.60. The lowest BCUT2D eigenvalue weighted by atomic mass is 9.81. The molecule has 0 bridgehead atoms. The van der Waals surface area contributed by atoms with Gasteiger partial charge in [-0.1, -0.05) is 17.4 Å². The Morgan fingerprint density at radius 2 is 1.83 bits per heavy atom. The molecule has 2 amide bonds. The number of benzene rings is 2. The Morgan fingerprint density at radius 1 is 1.06 bits per heavy atom. The van der Waals surface area contributed by atoms with Crippen molar-refractivity contribution in [2.45, 2.75) is 12.0 Å². The van der Waals surface area contributed by atoms with Crippen LogP contribution in [0, 0.1) is 0 Å². The van der Waals surface area contributed by atoms with E-state index in [0.717, 1.165) is 20.8 Å². The molecule has 0 fully saturated rings. The minimum atomic E-state index is -0.687. The molecule has 0 radical (unpaired) electrons. The van der Waals surface area contributed by atoms with Gasteiger partial charge >= 0.3 is 0 Å². The number of ether oxygens (including phenoxy) is 3. The number of amides is 2. The first-order valence-electron chi connectivity index (χ1n) is 10.8. The maximum atomic E-state index is 13.9. The van der Waals surface area contributed by atoms with Crippen LogP contribution >= 0.6 is 22.7 Å². The SMILES string of the molecule is COc1ccc2nc(NC(=O)[C@H]3c4cc(OC)c(OC)cc4C(=O)N(C)[C@H]3c3cccs3)sc2c1. The van der Waals surface area contributed by atoms with Crippen LogP contribution in [0.15, 0.2) is 47.8 Å². The number of nitrogens with one attached hydrogen (secondary N) is 1. The monoisotopic (exact) mass is 509 g/mol. The Hall–Kier alpha value is -3.63. The molecule has 2 aromatic heterocycles. The van der Waals surface area contributed by atoms with Crippen molar-refractivity contribution in [3.63, 3.8) is 0 Å². The molecule has 5 rings (SSSR count). The van der Waals surface area contributed by atoms with Crippen molar-refractivity contribution in [1.82, 2.24) is 9.88 Å². The van der Waals surface area contributed by atoms with Crippen LogP contribution in [0.5, 0.6) is 17.2 Å². The molecule has 2 aromatic carbocycles. The van der Waals surface area contributed by atoms with E-state index in [-0.39, 0.29) is 11.8 Å². The van der Waals surface area contributed by atoms with Gasteiger partial charge in [0.2, 0.25) is 5.91 Å². The quantitative estimate of drug-likeness (QED) is 0.396. The summed E-state index contributed by atoms with van der Waals surface area (Å²) in [6.45, 7) is 0. The standard InChI is InChI=1S/C25H23N3O5S2/c1-28-22(19-6-5-9-34-19)21(14-11-17(32-3)18(33-4)12-15(14)24(28)30)23(29)27-25-26-16-8-7-13(31-2)10-20(16)35-25/h5-12,21-22H,1-4H3,(H,26,27,29)/t21-,22-/m0/s1. The second-order valence-electron chi connectivity index (χ2n) is 7.99. The lowest BCUT2D eigenvalue weighted by Crippen LogP contribution is -2.43. The lowest BCUT2D eigenvalue weighted by molar-refractivity contribution is -0.119. The molecule has 10 heteroatoms. The Morgan fingerprint density at radius 3 is 2.51 bits per heavy atom. The van der Waals surface area contributed by atoms with Crippen LogP contribution in [0.25, 0.3) is 10.2 Å². The normalized spacial score (nSPS) is 17.3.